The van der Waals surface area contributed by atoms with Crippen LogP contribution in [-0.2, 0) is 0 Å². The third-order valence-corrected chi connectivity index (χ3v) is 10.1. The maximum atomic E-state index is 5.04. The molecule has 258 valence electrons. The predicted octanol–water partition coefficient (Wildman–Crippen LogP) is 12.4. The number of nitrogens with zero attached hydrogens (tertiary/aromatic N) is 5. The minimum atomic E-state index is 0.612. The van der Waals surface area contributed by atoms with Crippen molar-refractivity contribution in [3.8, 4) is 73.2 Å². The van der Waals surface area contributed by atoms with Gasteiger partial charge >= 0.3 is 0 Å². The van der Waals surface area contributed by atoms with Gasteiger partial charge in [-0.05, 0) is 58.1 Å². The third kappa shape index (κ3) is 6.04. The van der Waals surface area contributed by atoms with Gasteiger partial charge in [-0.3, -0.25) is 4.98 Å². The molecule has 0 spiro atoms. The summed E-state index contributed by atoms with van der Waals surface area (Å²) in [5.74, 6) is 1.88. The molecule has 7 aromatic carbocycles. The Kier molecular flexibility index (Phi) is 8.08. The highest BCUT2D eigenvalue weighted by Crippen LogP contribution is 2.40. The molecule has 0 fully saturated rings. The Bertz CT molecular complexity index is 2900. The lowest BCUT2D eigenvalue weighted by Crippen LogP contribution is -2.01. The van der Waals surface area contributed by atoms with Gasteiger partial charge in [-0.15, -0.1) is 0 Å². The Labute approximate surface area is 318 Å². The van der Waals surface area contributed by atoms with Crippen molar-refractivity contribution < 1.29 is 0 Å². The van der Waals surface area contributed by atoms with Crippen LogP contribution in [0, 0.1) is 0 Å². The van der Waals surface area contributed by atoms with Crippen LogP contribution in [0.25, 0.3) is 95.0 Å². The zero-order chi connectivity index (χ0) is 36.6. The van der Waals surface area contributed by atoms with Crippen LogP contribution in [0.5, 0.6) is 0 Å². The largest absolute Gasteiger partial charge is 0.308 e. The number of fused-ring (bicyclic) bond motifs is 3. The van der Waals surface area contributed by atoms with Gasteiger partial charge in [-0.2, -0.15) is 0 Å². The molecule has 3 aromatic heterocycles. The molecule has 0 amide bonds. The van der Waals surface area contributed by atoms with E-state index in [4.69, 9.17) is 19.9 Å². The second-order valence-corrected chi connectivity index (χ2v) is 13.6. The van der Waals surface area contributed by atoms with E-state index in [0.717, 1.165) is 66.4 Å². The summed E-state index contributed by atoms with van der Waals surface area (Å²) in [5, 5.41) is 2.21. The monoisotopic (exact) mass is 703 g/mol. The van der Waals surface area contributed by atoms with E-state index >= 15 is 0 Å². The van der Waals surface area contributed by atoms with Crippen molar-refractivity contribution in [2.45, 2.75) is 0 Å². The Morgan fingerprint density at radius 1 is 0.327 bits per heavy atom. The van der Waals surface area contributed by atoms with Crippen molar-refractivity contribution in [3.05, 3.63) is 200 Å². The maximum absolute atomic E-state index is 5.04. The molecular formula is C50H33N5. The van der Waals surface area contributed by atoms with E-state index in [9.17, 15) is 0 Å². The molecule has 0 radical (unpaired) electrons. The summed E-state index contributed by atoms with van der Waals surface area (Å²) in [6, 6.07) is 65.3. The van der Waals surface area contributed by atoms with Gasteiger partial charge in [0.15, 0.2) is 17.5 Å². The SMILES string of the molecule is c1ccc(-c2cccc(-c3ccc4c(c3)c3cncc(-c5ccccc5)c3n4-c3cccc(-c4nc(-c5ccccc5)nc(-c5ccccc5)n4)c3)c2)cc1. The Hall–Kier alpha value is -7.50. The van der Waals surface area contributed by atoms with E-state index in [0.29, 0.717) is 17.5 Å². The molecular weight excluding hydrogens is 671 g/mol. The fourth-order valence-corrected chi connectivity index (χ4v) is 7.47. The molecule has 0 atom stereocenters. The van der Waals surface area contributed by atoms with Crippen LogP contribution in [0.4, 0.5) is 0 Å². The van der Waals surface area contributed by atoms with E-state index in [2.05, 4.69) is 126 Å². The van der Waals surface area contributed by atoms with E-state index < -0.39 is 0 Å². The third-order valence-electron chi connectivity index (χ3n) is 10.1. The van der Waals surface area contributed by atoms with Crippen LogP contribution in [0.15, 0.2) is 200 Å². The number of hydrogen-bond acceptors (Lipinski definition) is 4. The highest BCUT2D eigenvalue weighted by molar-refractivity contribution is 6.14. The Morgan fingerprint density at radius 3 is 1.45 bits per heavy atom. The van der Waals surface area contributed by atoms with Crippen molar-refractivity contribution in [2.24, 2.45) is 0 Å². The second-order valence-electron chi connectivity index (χ2n) is 13.6. The highest BCUT2D eigenvalue weighted by Gasteiger charge is 2.19. The first-order valence-electron chi connectivity index (χ1n) is 18.4. The summed E-state index contributed by atoms with van der Waals surface area (Å²) in [4.78, 5) is 19.8. The number of benzene rings is 7. The van der Waals surface area contributed by atoms with Crippen LogP contribution in [-0.4, -0.2) is 24.5 Å². The topological polar surface area (TPSA) is 56.5 Å². The lowest BCUT2D eigenvalue weighted by Gasteiger charge is -2.13. The molecule has 0 saturated heterocycles. The van der Waals surface area contributed by atoms with Gasteiger partial charge < -0.3 is 4.57 Å². The quantitative estimate of drug-likeness (QED) is 0.166. The summed E-state index contributed by atoms with van der Waals surface area (Å²) < 4.78 is 2.36. The van der Waals surface area contributed by atoms with E-state index in [-0.39, 0.29) is 0 Å². The van der Waals surface area contributed by atoms with Crippen LogP contribution in [0.2, 0.25) is 0 Å². The minimum absolute atomic E-state index is 0.612. The lowest BCUT2D eigenvalue weighted by atomic mass is 9.98. The van der Waals surface area contributed by atoms with Crippen LogP contribution in [0.3, 0.4) is 0 Å². The summed E-state index contributed by atoms with van der Waals surface area (Å²) in [6.45, 7) is 0. The number of aromatic nitrogens is 5. The number of hydrogen-bond donors (Lipinski definition) is 0. The van der Waals surface area contributed by atoms with Gasteiger partial charge in [0.05, 0.1) is 11.0 Å². The molecule has 0 saturated carbocycles. The number of rotatable bonds is 7. The minimum Gasteiger partial charge on any atom is -0.308 e. The molecule has 3 heterocycles. The molecule has 0 aliphatic rings. The zero-order valence-electron chi connectivity index (χ0n) is 29.8. The normalized spacial score (nSPS) is 11.3. The van der Waals surface area contributed by atoms with Crippen molar-refractivity contribution in [1.29, 1.82) is 0 Å². The number of pyridine rings is 1. The smallest absolute Gasteiger partial charge is 0.164 e. The average Bonchev–Trinajstić information content (AvgIpc) is 3.61. The Morgan fingerprint density at radius 2 is 0.818 bits per heavy atom. The standard InChI is InChI=1S/C50H33N5/c1-5-15-34(16-6-1)38-23-13-24-39(29-38)40-27-28-46-43(31-40)45-33-51-32-44(35-17-7-2-8-18-35)47(45)55(46)42-26-14-25-41(30-42)50-53-48(36-19-9-3-10-20-36)52-49(54-50)37-21-11-4-12-22-37/h1-33H. The fourth-order valence-electron chi connectivity index (χ4n) is 7.47. The zero-order valence-corrected chi connectivity index (χ0v) is 29.8. The van der Waals surface area contributed by atoms with Gasteiger partial charge in [-0.1, -0.05) is 158 Å². The molecule has 55 heavy (non-hydrogen) atoms. The van der Waals surface area contributed by atoms with E-state index in [1.54, 1.807) is 0 Å². The van der Waals surface area contributed by atoms with E-state index in [1.807, 2.05) is 79.1 Å². The Balaban J connectivity index is 1.18. The maximum Gasteiger partial charge on any atom is 0.164 e. The van der Waals surface area contributed by atoms with Gasteiger partial charge in [0, 0.05) is 51.1 Å². The van der Waals surface area contributed by atoms with Crippen LogP contribution < -0.4 is 0 Å². The predicted molar refractivity (Wildman–Crippen MR) is 225 cm³/mol. The first-order valence-corrected chi connectivity index (χ1v) is 18.4. The average molecular weight is 704 g/mol. The molecule has 10 aromatic rings. The van der Waals surface area contributed by atoms with Gasteiger partial charge in [0.25, 0.3) is 0 Å². The van der Waals surface area contributed by atoms with Gasteiger partial charge in [0.2, 0.25) is 0 Å². The summed E-state index contributed by atoms with van der Waals surface area (Å²) in [7, 11) is 0. The van der Waals surface area contributed by atoms with Gasteiger partial charge in [-0.25, -0.2) is 15.0 Å². The van der Waals surface area contributed by atoms with Crippen molar-refractivity contribution in [3.63, 3.8) is 0 Å². The molecule has 0 aliphatic carbocycles. The molecule has 0 unspecified atom stereocenters. The summed E-state index contributed by atoms with van der Waals surface area (Å²) in [6.07, 6.45) is 3.98. The van der Waals surface area contributed by atoms with Crippen molar-refractivity contribution in [2.75, 3.05) is 0 Å². The summed E-state index contributed by atoms with van der Waals surface area (Å²) in [5.41, 5.74) is 12.8. The summed E-state index contributed by atoms with van der Waals surface area (Å²) >= 11 is 0. The molecule has 0 aliphatic heterocycles. The van der Waals surface area contributed by atoms with E-state index in [1.165, 1.54) is 11.1 Å². The highest BCUT2D eigenvalue weighted by atomic mass is 15.0. The van der Waals surface area contributed by atoms with Crippen molar-refractivity contribution >= 4 is 21.8 Å². The lowest BCUT2D eigenvalue weighted by molar-refractivity contribution is 1.07. The second kappa shape index (κ2) is 13.8. The first kappa shape index (κ1) is 32.2. The fraction of sp³-hybridized carbons (Fsp3) is 0. The molecule has 5 nitrogen and oxygen atoms in total. The van der Waals surface area contributed by atoms with Crippen LogP contribution >= 0.6 is 0 Å². The molecule has 0 N–H and O–H groups in total. The molecule has 5 heteroatoms. The molecule has 0 bridgehead atoms. The molecule has 10 rings (SSSR count). The van der Waals surface area contributed by atoms with Crippen LogP contribution in [0.1, 0.15) is 0 Å². The van der Waals surface area contributed by atoms with Crippen molar-refractivity contribution in [1.82, 2.24) is 24.5 Å². The first-order chi connectivity index (χ1) is 27.3. The van der Waals surface area contributed by atoms with Gasteiger partial charge in [0.1, 0.15) is 0 Å².